The molecule has 0 aromatic carbocycles. The summed E-state index contributed by atoms with van der Waals surface area (Å²) in [6.07, 6.45) is 2.87. The number of hydrogen-bond acceptors (Lipinski definition) is 6. The van der Waals surface area contributed by atoms with Crippen molar-refractivity contribution in [1.29, 1.82) is 10.5 Å². The summed E-state index contributed by atoms with van der Waals surface area (Å²) in [5.41, 5.74) is 0. The average Bonchev–Trinajstić information content (AvgIpc) is 2.17. The number of imide groups is 2. The Hall–Kier alpha value is -2.74. The zero-order valence-corrected chi connectivity index (χ0v) is 10.4. The Morgan fingerprint density at radius 3 is 0.833 bits per heavy atom. The van der Waals surface area contributed by atoms with Crippen LogP contribution in [0.4, 0.5) is 0 Å². The summed E-state index contributed by atoms with van der Waals surface area (Å²) >= 11 is 0. The molecule has 8 heteroatoms. The maximum atomic E-state index is 10.3. The molecule has 0 saturated carbocycles. The van der Waals surface area contributed by atoms with Gasteiger partial charge < -0.3 is 0 Å². The fourth-order valence-corrected chi connectivity index (χ4v) is 0.725. The molecule has 0 N–H and O–H groups in total. The normalized spacial score (nSPS) is 7.67. The van der Waals surface area contributed by atoms with Crippen molar-refractivity contribution in [3.05, 3.63) is 0 Å². The van der Waals surface area contributed by atoms with Crippen molar-refractivity contribution in [1.82, 2.24) is 9.80 Å². The van der Waals surface area contributed by atoms with Gasteiger partial charge in [0.15, 0.2) is 12.4 Å². The first-order valence-corrected chi connectivity index (χ1v) is 4.61. The van der Waals surface area contributed by atoms with Crippen molar-refractivity contribution in [2.75, 3.05) is 0 Å². The number of carbonyl (C=O) groups is 4. The number of amides is 4. The first-order valence-electron chi connectivity index (χ1n) is 4.61. The SMILES string of the molecule is CC(=O)N(C#N)C(C)=O.CC(=O)N(C#N)C(C)=O. The second-order valence-corrected chi connectivity index (χ2v) is 2.95. The minimum atomic E-state index is -0.551. The summed E-state index contributed by atoms with van der Waals surface area (Å²) in [6.45, 7) is 4.63. The van der Waals surface area contributed by atoms with Gasteiger partial charge in [0.2, 0.25) is 23.6 Å². The highest BCUT2D eigenvalue weighted by molar-refractivity contribution is 5.95. The summed E-state index contributed by atoms with van der Waals surface area (Å²) in [5, 5.41) is 16.2. The molecule has 0 aromatic heterocycles. The zero-order valence-electron chi connectivity index (χ0n) is 10.4. The van der Waals surface area contributed by atoms with Crippen molar-refractivity contribution in [3.63, 3.8) is 0 Å². The van der Waals surface area contributed by atoms with Gasteiger partial charge in [0.1, 0.15) is 0 Å². The maximum Gasteiger partial charge on any atom is 0.239 e. The number of nitriles is 2. The van der Waals surface area contributed by atoms with Crippen molar-refractivity contribution < 1.29 is 19.2 Å². The summed E-state index contributed by atoms with van der Waals surface area (Å²) < 4.78 is 0. The van der Waals surface area contributed by atoms with Crippen LogP contribution >= 0.6 is 0 Å². The van der Waals surface area contributed by atoms with Crippen LogP contribution in [0.25, 0.3) is 0 Å². The molecule has 0 bridgehead atoms. The Labute approximate surface area is 104 Å². The molecule has 0 rings (SSSR count). The van der Waals surface area contributed by atoms with Gasteiger partial charge in [-0.1, -0.05) is 0 Å². The van der Waals surface area contributed by atoms with Crippen LogP contribution in [0.2, 0.25) is 0 Å². The Bertz CT molecular complexity index is 374. The van der Waals surface area contributed by atoms with Gasteiger partial charge in [-0.15, -0.1) is 0 Å². The third-order valence-electron chi connectivity index (χ3n) is 1.46. The highest BCUT2D eigenvalue weighted by Gasteiger charge is 2.11. The molecule has 0 aromatic rings. The molecular formula is C10H12N4O4. The lowest BCUT2D eigenvalue weighted by molar-refractivity contribution is -0.139. The van der Waals surface area contributed by atoms with Gasteiger partial charge in [0.25, 0.3) is 0 Å². The van der Waals surface area contributed by atoms with E-state index in [4.69, 9.17) is 10.5 Å². The number of nitrogens with zero attached hydrogens (tertiary/aromatic N) is 4. The van der Waals surface area contributed by atoms with Crippen molar-refractivity contribution in [3.8, 4) is 12.4 Å². The highest BCUT2D eigenvalue weighted by Crippen LogP contribution is 1.85. The van der Waals surface area contributed by atoms with E-state index in [0.717, 1.165) is 27.7 Å². The highest BCUT2D eigenvalue weighted by atomic mass is 16.2. The average molecular weight is 252 g/mol. The van der Waals surface area contributed by atoms with Crippen LogP contribution in [-0.4, -0.2) is 33.4 Å². The Kier molecular flexibility index (Phi) is 8.25. The van der Waals surface area contributed by atoms with Crippen LogP contribution in [0.3, 0.4) is 0 Å². The molecular weight excluding hydrogens is 240 g/mol. The van der Waals surface area contributed by atoms with E-state index in [-0.39, 0.29) is 0 Å². The smallest absolute Gasteiger partial charge is 0.239 e. The molecule has 4 amide bonds. The third kappa shape index (κ3) is 6.69. The predicted octanol–water partition coefficient (Wildman–Crippen LogP) is -0.275. The Morgan fingerprint density at radius 2 is 0.833 bits per heavy atom. The van der Waals surface area contributed by atoms with Crippen LogP contribution < -0.4 is 0 Å². The topological polar surface area (TPSA) is 122 Å². The minimum Gasteiger partial charge on any atom is -0.274 e. The van der Waals surface area contributed by atoms with Gasteiger partial charge in [-0.3, -0.25) is 19.2 Å². The van der Waals surface area contributed by atoms with E-state index in [0.29, 0.717) is 9.80 Å². The molecule has 0 atom stereocenters. The van der Waals surface area contributed by atoms with Gasteiger partial charge in [-0.05, 0) is 0 Å². The second kappa shape index (κ2) is 8.42. The summed E-state index contributed by atoms with van der Waals surface area (Å²) in [4.78, 5) is 42.2. The van der Waals surface area contributed by atoms with Gasteiger partial charge in [-0.25, -0.2) is 0 Å². The van der Waals surface area contributed by atoms with Crippen molar-refractivity contribution >= 4 is 23.6 Å². The minimum absolute atomic E-state index is 0.486. The predicted molar refractivity (Wildman–Crippen MR) is 57.6 cm³/mol. The number of rotatable bonds is 0. The lowest BCUT2D eigenvalue weighted by Gasteiger charge is -2.02. The van der Waals surface area contributed by atoms with Gasteiger partial charge >= 0.3 is 0 Å². The summed E-state index contributed by atoms with van der Waals surface area (Å²) in [5.74, 6) is -2.20. The van der Waals surface area contributed by atoms with Crippen molar-refractivity contribution in [2.24, 2.45) is 0 Å². The molecule has 96 valence electrons. The van der Waals surface area contributed by atoms with E-state index in [9.17, 15) is 19.2 Å². The Balaban J connectivity index is 0. The van der Waals surface area contributed by atoms with Gasteiger partial charge in [0.05, 0.1) is 0 Å². The van der Waals surface area contributed by atoms with E-state index in [1.165, 1.54) is 12.4 Å². The summed E-state index contributed by atoms with van der Waals surface area (Å²) in [6, 6.07) is 0. The lowest BCUT2D eigenvalue weighted by atomic mass is 10.5. The second-order valence-electron chi connectivity index (χ2n) is 2.95. The largest absolute Gasteiger partial charge is 0.274 e. The third-order valence-corrected chi connectivity index (χ3v) is 1.46. The van der Waals surface area contributed by atoms with Gasteiger partial charge in [0, 0.05) is 27.7 Å². The molecule has 0 spiro atoms. The quantitative estimate of drug-likeness (QED) is 0.431. The lowest BCUT2D eigenvalue weighted by Crippen LogP contribution is -2.27. The van der Waals surface area contributed by atoms with E-state index < -0.39 is 23.6 Å². The number of hydrogen-bond donors (Lipinski definition) is 0. The molecule has 0 aliphatic heterocycles. The molecule has 0 radical (unpaired) electrons. The van der Waals surface area contributed by atoms with E-state index in [2.05, 4.69) is 0 Å². The molecule has 0 unspecified atom stereocenters. The van der Waals surface area contributed by atoms with E-state index in [1.54, 1.807) is 0 Å². The summed E-state index contributed by atoms with van der Waals surface area (Å²) in [7, 11) is 0. The van der Waals surface area contributed by atoms with E-state index in [1.807, 2.05) is 0 Å². The van der Waals surface area contributed by atoms with E-state index >= 15 is 0 Å². The molecule has 18 heavy (non-hydrogen) atoms. The van der Waals surface area contributed by atoms with Crippen molar-refractivity contribution in [2.45, 2.75) is 27.7 Å². The molecule has 0 aliphatic carbocycles. The van der Waals surface area contributed by atoms with Crippen LogP contribution in [0.5, 0.6) is 0 Å². The fraction of sp³-hybridized carbons (Fsp3) is 0.400. The van der Waals surface area contributed by atoms with Gasteiger partial charge in [-0.2, -0.15) is 20.3 Å². The zero-order chi connectivity index (χ0) is 14.9. The molecule has 8 nitrogen and oxygen atoms in total. The monoisotopic (exact) mass is 252 g/mol. The van der Waals surface area contributed by atoms with Crippen LogP contribution in [0.1, 0.15) is 27.7 Å². The first kappa shape index (κ1) is 17.6. The fourth-order valence-electron chi connectivity index (χ4n) is 0.725. The first-order chi connectivity index (χ1) is 8.18. The standard InChI is InChI=1S/2C5H6N2O2/c2*1-4(8)7(3-6)5(2)9/h2*1-2H3. The molecule has 0 saturated heterocycles. The Morgan fingerprint density at radius 1 is 0.667 bits per heavy atom. The number of carbonyl (C=O) groups excluding carboxylic acids is 4. The maximum absolute atomic E-state index is 10.3. The molecule has 0 fully saturated rings. The van der Waals surface area contributed by atoms with Crippen LogP contribution in [0, 0.1) is 22.9 Å². The van der Waals surface area contributed by atoms with Crippen LogP contribution in [0.15, 0.2) is 0 Å². The molecule has 0 aliphatic rings. The van der Waals surface area contributed by atoms with Crippen LogP contribution in [-0.2, 0) is 19.2 Å². The molecule has 0 heterocycles.